The number of Topliss-reactive ketones (excluding diaryl/α,β-unsaturated/α-hetero) is 1. The fourth-order valence-electron chi connectivity index (χ4n) is 1.35. The minimum absolute atomic E-state index is 0.0265. The Morgan fingerprint density at radius 1 is 0.900 bits per heavy atom. The molecular weight excluding hydrogens is 264 g/mol. The van der Waals surface area contributed by atoms with Crippen molar-refractivity contribution < 1.29 is 24.3 Å². The maximum Gasteiger partial charge on any atom is 0.322 e. The molecule has 0 atom stereocenters. The van der Waals surface area contributed by atoms with Crippen LogP contribution in [-0.2, 0) is 19.2 Å². The average Bonchev–Trinajstić information content (AvgIpc) is 2.29. The maximum atomic E-state index is 11.5. The Hall–Kier alpha value is -1.92. The SMILES string of the molecule is CC(C)(C)CC(=O)NCC(=O)CCC(=O)NCC(=O)O. The number of aliphatic carboxylic acids is 1. The third-order valence-electron chi connectivity index (χ3n) is 2.24. The van der Waals surface area contributed by atoms with Crippen molar-refractivity contribution in [2.45, 2.75) is 40.0 Å². The van der Waals surface area contributed by atoms with E-state index in [0.29, 0.717) is 6.42 Å². The van der Waals surface area contributed by atoms with Crippen molar-refractivity contribution in [2.24, 2.45) is 5.41 Å². The molecule has 0 aliphatic heterocycles. The van der Waals surface area contributed by atoms with Crippen LogP contribution in [-0.4, -0.2) is 41.8 Å². The highest BCUT2D eigenvalue weighted by molar-refractivity contribution is 5.89. The third-order valence-corrected chi connectivity index (χ3v) is 2.24. The minimum Gasteiger partial charge on any atom is -0.480 e. The number of hydrogen-bond acceptors (Lipinski definition) is 4. The number of carboxylic acid groups (broad SMARTS) is 1. The first-order valence-electron chi connectivity index (χ1n) is 6.37. The fourth-order valence-corrected chi connectivity index (χ4v) is 1.35. The fraction of sp³-hybridized carbons (Fsp3) is 0.692. The van der Waals surface area contributed by atoms with Gasteiger partial charge in [-0.05, 0) is 5.41 Å². The molecule has 7 nitrogen and oxygen atoms in total. The van der Waals surface area contributed by atoms with Crippen LogP contribution in [0.15, 0.2) is 0 Å². The van der Waals surface area contributed by atoms with Gasteiger partial charge in [-0.15, -0.1) is 0 Å². The van der Waals surface area contributed by atoms with Gasteiger partial charge in [0.05, 0.1) is 6.54 Å². The number of ketones is 1. The normalized spacial score (nSPS) is 10.8. The van der Waals surface area contributed by atoms with Crippen molar-refractivity contribution in [3.63, 3.8) is 0 Å². The van der Waals surface area contributed by atoms with E-state index < -0.39 is 18.4 Å². The van der Waals surface area contributed by atoms with E-state index in [1.807, 2.05) is 20.8 Å². The average molecular weight is 286 g/mol. The lowest BCUT2D eigenvalue weighted by Gasteiger charge is -2.16. The standard InChI is InChI=1S/C13H22N2O5/c1-13(2,3)6-11(18)14-7-9(16)4-5-10(17)15-8-12(19)20/h4-8H2,1-3H3,(H,14,18)(H,15,17)(H,19,20). The predicted molar refractivity (Wildman–Crippen MR) is 72.0 cm³/mol. The van der Waals surface area contributed by atoms with Crippen molar-refractivity contribution in [3.8, 4) is 0 Å². The summed E-state index contributed by atoms with van der Waals surface area (Å²) in [7, 11) is 0. The summed E-state index contributed by atoms with van der Waals surface area (Å²) in [5.41, 5.74) is -0.149. The molecule has 0 fully saturated rings. The van der Waals surface area contributed by atoms with E-state index in [0.717, 1.165) is 0 Å². The second-order valence-corrected chi connectivity index (χ2v) is 5.72. The Morgan fingerprint density at radius 2 is 1.45 bits per heavy atom. The molecular formula is C13H22N2O5. The van der Waals surface area contributed by atoms with E-state index in [9.17, 15) is 19.2 Å². The molecule has 0 aromatic rings. The second-order valence-electron chi connectivity index (χ2n) is 5.72. The summed E-state index contributed by atoms with van der Waals surface area (Å²) < 4.78 is 0. The summed E-state index contributed by atoms with van der Waals surface area (Å²) in [6.45, 7) is 5.18. The zero-order valence-corrected chi connectivity index (χ0v) is 12.1. The monoisotopic (exact) mass is 286 g/mol. The number of hydrogen-bond donors (Lipinski definition) is 3. The van der Waals surface area contributed by atoms with Gasteiger partial charge in [0.2, 0.25) is 11.8 Å². The maximum absolute atomic E-state index is 11.5. The molecule has 0 rings (SSSR count). The Bertz CT molecular complexity index is 385. The van der Waals surface area contributed by atoms with E-state index in [1.165, 1.54) is 0 Å². The molecule has 0 bridgehead atoms. The van der Waals surface area contributed by atoms with Gasteiger partial charge in [-0.3, -0.25) is 19.2 Å². The highest BCUT2D eigenvalue weighted by atomic mass is 16.4. The largest absolute Gasteiger partial charge is 0.480 e. The Balaban J connectivity index is 3.81. The van der Waals surface area contributed by atoms with Crippen molar-refractivity contribution >= 4 is 23.6 Å². The highest BCUT2D eigenvalue weighted by Gasteiger charge is 2.16. The lowest BCUT2D eigenvalue weighted by molar-refractivity contribution is -0.138. The van der Waals surface area contributed by atoms with Gasteiger partial charge in [0, 0.05) is 19.3 Å². The van der Waals surface area contributed by atoms with E-state index in [-0.39, 0.29) is 36.5 Å². The summed E-state index contributed by atoms with van der Waals surface area (Å²) in [5, 5.41) is 13.0. The van der Waals surface area contributed by atoms with Crippen molar-refractivity contribution in [3.05, 3.63) is 0 Å². The van der Waals surface area contributed by atoms with Crippen LogP contribution in [0.3, 0.4) is 0 Å². The van der Waals surface area contributed by atoms with Gasteiger partial charge in [-0.1, -0.05) is 20.8 Å². The highest BCUT2D eigenvalue weighted by Crippen LogP contribution is 2.17. The number of amides is 2. The zero-order valence-electron chi connectivity index (χ0n) is 12.1. The molecule has 0 saturated carbocycles. The van der Waals surface area contributed by atoms with Gasteiger partial charge < -0.3 is 15.7 Å². The molecule has 0 heterocycles. The lowest BCUT2D eigenvalue weighted by atomic mass is 9.92. The van der Waals surface area contributed by atoms with Gasteiger partial charge in [0.1, 0.15) is 6.54 Å². The van der Waals surface area contributed by atoms with Crippen LogP contribution in [0.25, 0.3) is 0 Å². The van der Waals surface area contributed by atoms with Crippen LogP contribution in [0.4, 0.5) is 0 Å². The topological polar surface area (TPSA) is 113 Å². The molecule has 3 N–H and O–H groups in total. The number of carbonyl (C=O) groups is 4. The second kappa shape index (κ2) is 8.29. The number of nitrogens with one attached hydrogen (secondary N) is 2. The van der Waals surface area contributed by atoms with Crippen LogP contribution < -0.4 is 10.6 Å². The van der Waals surface area contributed by atoms with E-state index in [4.69, 9.17) is 5.11 Å². The molecule has 0 radical (unpaired) electrons. The predicted octanol–water partition coefficient (Wildman–Crippen LogP) is 0.0889. The molecule has 0 aromatic carbocycles. The van der Waals surface area contributed by atoms with Gasteiger partial charge in [0.25, 0.3) is 0 Å². The molecule has 0 spiro atoms. The van der Waals surface area contributed by atoms with Crippen LogP contribution in [0.5, 0.6) is 0 Å². The molecule has 20 heavy (non-hydrogen) atoms. The summed E-state index contributed by atoms with van der Waals surface area (Å²) in [6, 6.07) is 0. The van der Waals surface area contributed by atoms with Gasteiger partial charge in [-0.25, -0.2) is 0 Å². The van der Waals surface area contributed by atoms with Crippen molar-refractivity contribution in [2.75, 3.05) is 13.1 Å². The molecule has 2 amide bonds. The summed E-state index contributed by atoms with van der Waals surface area (Å²) in [4.78, 5) is 44.3. The van der Waals surface area contributed by atoms with E-state index in [2.05, 4.69) is 10.6 Å². The number of carboxylic acids is 1. The van der Waals surface area contributed by atoms with Crippen LogP contribution in [0.1, 0.15) is 40.0 Å². The Labute approximate surface area is 118 Å². The lowest BCUT2D eigenvalue weighted by Crippen LogP contribution is -2.33. The van der Waals surface area contributed by atoms with Crippen molar-refractivity contribution in [1.29, 1.82) is 0 Å². The molecule has 7 heteroatoms. The summed E-state index contributed by atoms with van der Waals surface area (Å²) in [6.07, 6.45) is 0.210. The van der Waals surface area contributed by atoms with E-state index in [1.54, 1.807) is 0 Å². The third kappa shape index (κ3) is 11.2. The first kappa shape index (κ1) is 18.1. The Kier molecular flexibility index (Phi) is 7.49. The van der Waals surface area contributed by atoms with E-state index >= 15 is 0 Å². The molecule has 0 aliphatic rings. The smallest absolute Gasteiger partial charge is 0.322 e. The molecule has 0 aromatic heterocycles. The molecule has 0 aliphatic carbocycles. The molecule has 0 saturated heterocycles. The molecule has 0 unspecified atom stereocenters. The minimum atomic E-state index is -1.14. The first-order valence-corrected chi connectivity index (χ1v) is 6.37. The van der Waals surface area contributed by atoms with Crippen LogP contribution >= 0.6 is 0 Å². The van der Waals surface area contributed by atoms with Crippen molar-refractivity contribution in [1.82, 2.24) is 10.6 Å². The van der Waals surface area contributed by atoms with Gasteiger partial charge >= 0.3 is 5.97 Å². The quantitative estimate of drug-likeness (QED) is 0.585. The number of carbonyl (C=O) groups excluding carboxylic acids is 3. The van der Waals surface area contributed by atoms with Gasteiger partial charge in [-0.2, -0.15) is 0 Å². The van der Waals surface area contributed by atoms with Gasteiger partial charge in [0.15, 0.2) is 5.78 Å². The summed E-state index contributed by atoms with van der Waals surface area (Å²) in [5.74, 6) is -2.11. The number of rotatable bonds is 8. The zero-order chi connectivity index (χ0) is 15.8. The summed E-state index contributed by atoms with van der Waals surface area (Å²) >= 11 is 0. The van der Waals surface area contributed by atoms with Crippen LogP contribution in [0, 0.1) is 5.41 Å². The molecule has 114 valence electrons. The Morgan fingerprint density at radius 3 is 1.95 bits per heavy atom. The first-order chi connectivity index (χ1) is 9.10. The van der Waals surface area contributed by atoms with Crippen LogP contribution in [0.2, 0.25) is 0 Å².